The van der Waals surface area contributed by atoms with Crippen molar-refractivity contribution in [3.63, 3.8) is 0 Å². The molecule has 2 aromatic heterocycles. The van der Waals surface area contributed by atoms with Crippen molar-refractivity contribution in [2.24, 2.45) is 5.92 Å². The Labute approximate surface area is 206 Å². The standard InChI is InChI=1S/C27H36N4O2S/c1-5-30-16-13-22-24(18-30)34-26(31-14-6-7-15-31)25(22)23(12-11-19(2)3)29-27(32)28-20-9-8-10-21(17-20)33-4/h6-10,14-15,17,19,23H,5,11-13,16,18H2,1-4H3,(H2,28,29,32)/t23-/m0/s1. The van der Waals surface area contributed by atoms with Crippen molar-refractivity contribution in [2.75, 3.05) is 25.5 Å². The van der Waals surface area contributed by atoms with E-state index in [0.29, 0.717) is 5.92 Å². The largest absolute Gasteiger partial charge is 0.497 e. The molecule has 0 saturated heterocycles. The number of methoxy groups -OCH3 is 1. The lowest BCUT2D eigenvalue weighted by Crippen LogP contribution is -2.35. The Bertz CT molecular complexity index is 1090. The van der Waals surface area contributed by atoms with Gasteiger partial charge < -0.3 is 19.9 Å². The van der Waals surface area contributed by atoms with E-state index in [1.165, 1.54) is 21.0 Å². The summed E-state index contributed by atoms with van der Waals surface area (Å²) in [4.78, 5) is 17.1. The number of ether oxygens (including phenoxy) is 1. The molecule has 1 atom stereocenters. The zero-order valence-corrected chi connectivity index (χ0v) is 21.5. The maximum absolute atomic E-state index is 13.2. The predicted octanol–water partition coefficient (Wildman–Crippen LogP) is 6.22. The van der Waals surface area contributed by atoms with Gasteiger partial charge in [0.2, 0.25) is 0 Å². The maximum atomic E-state index is 13.2. The first-order chi connectivity index (χ1) is 16.5. The zero-order valence-electron chi connectivity index (χ0n) is 20.6. The van der Waals surface area contributed by atoms with Gasteiger partial charge in [0.15, 0.2) is 0 Å². The minimum atomic E-state index is -0.189. The van der Waals surface area contributed by atoms with Crippen molar-refractivity contribution >= 4 is 23.1 Å². The van der Waals surface area contributed by atoms with Gasteiger partial charge in [-0.15, -0.1) is 11.3 Å². The molecule has 0 aliphatic carbocycles. The van der Waals surface area contributed by atoms with Crippen molar-refractivity contribution in [1.82, 2.24) is 14.8 Å². The van der Waals surface area contributed by atoms with Crippen LogP contribution in [-0.4, -0.2) is 35.7 Å². The lowest BCUT2D eigenvalue weighted by molar-refractivity contribution is 0.246. The Morgan fingerprint density at radius 1 is 1.18 bits per heavy atom. The highest BCUT2D eigenvalue weighted by Gasteiger charge is 2.30. The number of thiophene rings is 1. The number of fused-ring (bicyclic) bond motifs is 1. The Morgan fingerprint density at radius 2 is 1.97 bits per heavy atom. The fraction of sp³-hybridized carbons (Fsp3) is 0.444. The molecule has 34 heavy (non-hydrogen) atoms. The predicted molar refractivity (Wildman–Crippen MR) is 140 cm³/mol. The number of urea groups is 1. The minimum absolute atomic E-state index is 0.0569. The summed E-state index contributed by atoms with van der Waals surface area (Å²) < 4.78 is 7.51. The highest BCUT2D eigenvalue weighted by atomic mass is 32.1. The third kappa shape index (κ3) is 5.65. The molecule has 1 aliphatic heterocycles. The molecule has 0 spiro atoms. The summed E-state index contributed by atoms with van der Waals surface area (Å²) in [6.07, 6.45) is 7.18. The Kier molecular flexibility index (Phi) is 7.95. The first-order valence-corrected chi connectivity index (χ1v) is 13.0. The molecule has 0 fully saturated rings. The average Bonchev–Trinajstić information content (AvgIpc) is 3.49. The van der Waals surface area contributed by atoms with Gasteiger partial charge >= 0.3 is 6.03 Å². The van der Waals surface area contributed by atoms with Crippen LogP contribution in [0.3, 0.4) is 0 Å². The number of likely N-dealkylation sites (N-methyl/N-ethyl adjacent to an activating group) is 1. The van der Waals surface area contributed by atoms with E-state index in [1.54, 1.807) is 7.11 Å². The van der Waals surface area contributed by atoms with Crippen molar-refractivity contribution in [3.8, 4) is 10.8 Å². The summed E-state index contributed by atoms with van der Waals surface area (Å²) in [5.74, 6) is 1.28. The first kappa shape index (κ1) is 24.4. The topological polar surface area (TPSA) is 58.5 Å². The van der Waals surface area contributed by atoms with Crippen LogP contribution in [0.1, 0.15) is 55.7 Å². The molecular formula is C27H36N4O2S. The molecule has 1 aliphatic rings. The van der Waals surface area contributed by atoms with Gasteiger partial charge in [-0.25, -0.2) is 4.79 Å². The summed E-state index contributed by atoms with van der Waals surface area (Å²) in [5.41, 5.74) is 3.43. The Balaban J connectivity index is 1.66. The van der Waals surface area contributed by atoms with Gasteiger partial charge in [-0.2, -0.15) is 0 Å². The molecule has 3 aromatic rings. The summed E-state index contributed by atoms with van der Waals surface area (Å²) in [6.45, 7) is 9.81. The van der Waals surface area contributed by atoms with Crippen LogP contribution in [0, 0.1) is 5.92 Å². The number of carbonyl (C=O) groups is 1. The number of carbonyl (C=O) groups excluding carboxylic acids is 1. The number of nitrogens with one attached hydrogen (secondary N) is 2. The minimum Gasteiger partial charge on any atom is -0.497 e. The fourth-order valence-corrected chi connectivity index (χ4v) is 5.99. The second-order valence-electron chi connectivity index (χ2n) is 9.29. The number of hydrogen-bond donors (Lipinski definition) is 2. The molecule has 182 valence electrons. The number of hydrogen-bond acceptors (Lipinski definition) is 4. The molecule has 0 saturated carbocycles. The van der Waals surface area contributed by atoms with Crippen LogP contribution in [0.2, 0.25) is 0 Å². The van der Waals surface area contributed by atoms with Crippen molar-refractivity contribution in [3.05, 3.63) is 64.8 Å². The van der Waals surface area contributed by atoms with Gasteiger partial charge in [-0.05, 0) is 61.6 Å². The summed E-state index contributed by atoms with van der Waals surface area (Å²) in [6, 6.07) is 11.3. The quantitative estimate of drug-likeness (QED) is 0.382. The number of aromatic nitrogens is 1. The SMILES string of the molecule is CCN1CCc2c(sc(-n3cccc3)c2[C@H](CCC(C)C)NC(=O)Nc2cccc(OC)c2)C1. The van der Waals surface area contributed by atoms with Crippen molar-refractivity contribution < 1.29 is 9.53 Å². The van der Waals surface area contributed by atoms with E-state index in [-0.39, 0.29) is 12.1 Å². The monoisotopic (exact) mass is 480 g/mol. The molecule has 0 bridgehead atoms. The third-order valence-corrected chi connectivity index (χ3v) is 7.70. The van der Waals surface area contributed by atoms with Gasteiger partial charge in [0, 0.05) is 47.7 Å². The van der Waals surface area contributed by atoms with Crippen LogP contribution in [0.4, 0.5) is 10.5 Å². The van der Waals surface area contributed by atoms with Gasteiger partial charge in [0.25, 0.3) is 0 Å². The molecule has 1 aromatic carbocycles. The molecule has 6 nitrogen and oxygen atoms in total. The Morgan fingerprint density at radius 3 is 2.68 bits per heavy atom. The summed E-state index contributed by atoms with van der Waals surface area (Å²) in [5, 5.41) is 7.56. The van der Waals surface area contributed by atoms with Gasteiger partial charge in [0.1, 0.15) is 10.8 Å². The van der Waals surface area contributed by atoms with Crippen LogP contribution >= 0.6 is 11.3 Å². The van der Waals surface area contributed by atoms with Crippen LogP contribution in [0.15, 0.2) is 48.8 Å². The smallest absolute Gasteiger partial charge is 0.319 e. The van der Waals surface area contributed by atoms with Gasteiger partial charge in [0.05, 0.1) is 13.2 Å². The van der Waals surface area contributed by atoms with Gasteiger partial charge in [-0.1, -0.05) is 26.8 Å². The van der Waals surface area contributed by atoms with E-state index >= 15 is 0 Å². The number of amides is 2. The normalized spacial score (nSPS) is 14.6. The van der Waals surface area contributed by atoms with E-state index in [4.69, 9.17) is 4.74 Å². The molecule has 0 unspecified atom stereocenters. The van der Waals surface area contributed by atoms with Gasteiger partial charge in [-0.3, -0.25) is 4.90 Å². The lowest BCUT2D eigenvalue weighted by Gasteiger charge is -2.28. The number of rotatable bonds is 9. The van der Waals surface area contributed by atoms with E-state index in [2.05, 4.69) is 65.4 Å². The maximum Gasteiger partial charge on any atom is 0.319 e. The highest BCUT2D eigenvalue weighted by molar-refractivity contribution is 7.15. The molecule has 2 N–H and O–H groups in total. The number of anilines is 1. The second kappa shape index (κ2) is 11.1. The van der Waals surface area contributed by atoms with Crippen LogP contribution in [0.25, 0.3) is 5.00 Å². The fourth-order valence-electron chi connectivity index (χ4n) is 4.57. The highest BCUT2D eigenvalue weighted by Crippen LogP contribution is 2.41. The molecule has 0 radical (unpaired) electrons. The zero-order chi connectivity index (χ0) is 24.1. The molecular weight excluding hydrogens is 444 g/mol. The average molecular weight is 481 g/mol. The third-order valence-electron chi connectivity index (χ3n) is 6.46. The number of benzene rings is 1. The molecule has 3 heterocycles. The van der Waals surface area contributed by atoms with E-state index in [1.807, 2.05) is 35.6 Å². The van der Waals surface area contributed by atoms with E-state index in [9.17, 15) is 4.79 Å². The molecule has 4 rings (SSSR count). The number of nitrogens with zero attached hydrogens (tertiary/aromatic N) is 2. The molecule has 7 heteroatoms. The second-order valence-corrected chi connectivity index (χ2v) is 10.4. The van der Waals surface area contributed by atoms with Crippen LogP contribution in [-0.2, 0) is 13.0 Å². The summed E-state index contributed by atoms with van der Waals surface area (Å²) >= 11 is 1.87. The van der Waals surface area contributed by atoms with E-state index in [0.717, 1.165) is 50.3 Å². The van der Waals surface area contributed by atoms with Crippen molar-refractivity contribution in [2.45, 2.75) is 52.6 Å². The lowest BCUT2D eigenvalue weighted by atomic mass is 9.92. The molecule has 2 amide bonds. The van der Waals surface area contributed by atoms with Crippen molar-refractivity contribution in [1.29, 1.82) is 0 Å². The van der Waals surface area contributed by atoms with E-state index < -0.39 is 0 Å². The summed E-state index contributed by atoms with van der Waals surface area (Å²) in [7, 11) is 1.63. The van der Waals surface area contributed by atoms with Crippen LogP contribution < -0.4 is 15.4 Å². The Hall–Kier alpha value is -2.77. The first-order valence-electron chi connectivity index (χ1n) is 12.2. The van der Waals surface area contributed by atoms with Crippen LogP contribution in [0.5, 0.6) is 5.75 Å².